The molecule has 0 radical (unpaired) electrons. The van der Waals surface area contributed by atoms with E-state index in [1.807, 2.05) is 43.7 Å². The molecular formula is C47H58N8O2. The van der Waals surface area contributed by atoms with Gasteiger partial charge in [0.2, 0.25) is 11.8 Å². The van der Waals surface area contributed by atoms with Crippen LogP contribution in [0.2, 0.25) is 0 Å². The van der Waals surface area contributed by atoms with Gasteiger partial charge in [0, 0.05) is 12.6 Å². The van der Waals surface area contributed by atoms with Crippen LogP contribution in [0.3, 0.4) is 0 Å². The standard InChI is InChI=1S/C47H58N8O2/c1-24(2)42(48)46(56)54-23-26(5)19-39(54)45-51-35-17-14-30(21-36(35)52-45)34-16-15-33(40-31-12-13-32(20-31)41(34)40)28-8-10-29(11-9-28)37-22-50-44(53-37)38-18-7-27(6)55(38)47(57)43(49)25(3)4/h8-11,14-17,21-22,24-27,31-32,38-39,42-43H,7,12-13,18-20,23,48-49H2,1-6H3,(H,50,53)(H,51,52)/t26-,27-,31?,32?,38-,39-,42?,43-/m0/s1. The van der Waals surface area contributed by atoms with Crippen molar-refractivity contribution in [2.75, 3.05) is 6.54 Å². The van der Waals surface area contributed by atoms with Crippen molar-refractivity contribution in [1.82, 2.24) is 29.7 Å². The van der Waals surface area contributed by atoms with Crippen molar-refractivity contribution >= 4 is 22.8 Å². The molecule has 2 amide bonds. The van der Waals surface area contributed by atoms with Crippen LogP contribution in [0.4, 0.5) is 0 Å². The van der Waals surface area contributed by atoms with E-state index in [1.165, 1.54) is 52.6 Å². The molecule has 5 aromatic rings. The number of benzene rings is 3. The molecular weight excluding hydrogens is 709 g/mol. The first kappa shape index (κ1) is 37.8. The minimum atomic E-state index is -0.514. The van der Waals surface area contributed by atoms with E-state index in [9.17, 15) is 9.59 Å². The Kier molecular flexibility index (Phi) is 9.63. The van der Waals surface area contributed by atoms with Crippen LogP contribution in [-0.2, 0) is 9.59 Å². The minimum Gasteiger partial charge on any atom is -0.340 e. The zero-order valence-corrected chi connectivity index (χ0v) is 34.3. The number of H-pyrrole nitrogens is 2. The molecule has 298 valence electrons. The monoisotopic (exact) mass is 766 g/mol. The quantitative estimate of drug-likeness (QED) is 0.118. The summed E-state index contributed by atoms with van der Waals surface area (Å²) in [7, 11) is 0. The van der Waals surface area contributed by atoms with E-state index in [-0.39, 0.29) is 41.8 Å². The Morgan fingerprint density at radius 3 is 2.04 bits per heavy atom. The molecule has 9 rings (SSSR count). The molecule has 3 fully saturated rings. The summed E-state index contributed by atoms with van der Waals surface area (Å²) in [6, 6.07) is 19.1. The number of carbonyl (C=O) groups excluding carboxylic acids is 2. The fourth-order valence-electron chi connectivity index (χ4n) is 10.5. The first-order valence-corrected chi connectivity index (χ1v) is 21.3. The van der Waals surface area contributed by atoms with Crippen molar-refractivity contribution in [2.24, 2.45) is 29.2 Å². The number of fused-ring (bicyclic) bond motifs is 6. The van der Waals surface area contributed by atoms with Crippen LogP contribution in [-0.4, -0.2) is 66.2 Å². The molecule has 10 nitrogen and oxygen atoms in total. The van der Waals surface area contributed by atoms with Crippen molar-refractivity contribution < 1.29 is 9.59 Å². The van der Waals surface area contributed by atoms with Gasteiger partial charge in [-0.25, -0.2) is 9.97 Å². The van der Waals surface area contributed by atoms with E-state index in [2.05, 4.69) is 78.4 Å². The van der Waals surface area contributed by atoms with Crippen LogP contribution in [0.5, 0.6) is 0 Å². The van der Waals surface area contributed by atoms with Crippen LogP contribution in [0.1, 0.15) is 127 Å². The Bertz CT molecular complexity index is 2320. The molecule has 8 atom stereocenters. The summed E-state index contributed by atoms with van der Waals surface area (Å²) in [6.45, 7) is 13.0. The van der Waals surface area contributed by atoms with Gasteiger partial charge in [-0.1, -0.05) is 77.1 Å². The predicted octanol–water partition coefficient (Wildman–Crippen LogP) is 8.58. The molecule has 57 heavy (non-hydrogen) atoms. The van der Waals surface area contributed by atoms with Gasteiger partial charge in [0.05, 0.1) is 47.1 Å². The molecule has 4 aliphatic rings. The third-order valence-electron chi connectivity index (χ3n) is 13.8. The average Bonchev–Trinajstić information content (AvgIpc) is 4.07. The van der Waals surface area contributed by atoms with Crippen LogP contribution in [0, 0.1) is 17.8 Å². The number of nitrogens with two attached hydrogens (primary N) is 2. The second kappa shape index (κ2) is 14.5. The zero-order valence-electron chi connectivity index (χ0n) is 34.3. The van der Waals surface area contributed by atoms with E-state index in [0.717, 1.165) is 53.2 Å². The van der Waals surface area contributed by atoms with Gasteiger partial charge >= 0.3 is 0 Å². The van der Waals surface area contributed by atoms with Crippen molar-refractivity contribution in [3.63, 3.8) is 0 Å². The summed E-state index contributed by atoms with van der Waals surface area (Å²) in [4.78, 5) is 47.7. The number of aromatic amines is 2. The summed E-state index contributed by atoms with van der Waals surface area (Å²) in [6.07, 6.45) is 8.28. The van der Waals surface area contributed by atoms with Gasteiger partial charge in [0.15, 0.2) is 0 Å². The maximum absolute atomic E-state index is 13.4. The molecule has 2 bridgehead atoms. The summed E-state index contributed by atoms with van der Waals surface area (Å²) >= 11 is 0. The van der Waals surface area contributed by atoms with Crippen LogP contribution in [0.25, 0.3) is 44.5 Å². The number of imidazole rings is 2. The molecule has 2 aliphatic heterocycles. The molecule has 2 aliphatic carbocycles. The number of nitrogens with one attached hydrogen (secondary N) is 2. The lowest BCUT2D eigenvalue weighted by atomic mass is 9.81. The highest BCUT2D eigenvalue weighted by Gasteiger charge is 2.42. The lowest BCUT2D eigenvalue weighted by molar-refractivity contribution is -0.136. The fourth-order valence-corrected chi connectivity index (χ4v) is 10.5. The van der Waals surface area contributed by atoms with Gasteiger partial charge in [0.1, 0.15) is 11.6 Å². The Morgan fingerprint density at radius 2 is 1.35 bits per heavy atom. The average molecular weight is 767 g/mol. The van der Waals surface area contributed by atoms with Crippen molar-refractivity contribution in [1.29, 1.82) is 0 Å². The molecule has 3 aromatic carbocycles. The predicted molar refractivity (Wildman–Crippen MR) is 226 cm³/mol. The minimum absolute atomic E-state index is 0.00762. The van der Waals surface area contributed by atoms with Gasteiger partial charge in [0.25, 0.3) is 0 Å². The Hall–Kier alpha value is -4.80. The first-order valence-electron chi connectivity index (χ1n) is 21.3. The maximum Gasteiger partial charge on any atom is 0.240 e. The van der Waals surface area contributed by atoms with E-state index in [0.29, 0.717) is 24.3 Å². The number of likely N-dealkylation sites (tertiary alicyclic amines) is 2. The Balaban J connectivity index is 0.984. The highest BCUT2D eigenvalue weighted by molar-refractivity contribution is 5.87. The van der Waals surface area contributed by atoms with Gasteiger partial charge < -0.3 is 31.2 Å². The van der Waals surface area contributed by atoms with Gasteiger partial charge in [-0.2, -0.15) is 0 Å². The third kappa shape index (κ3) is 6.49. The van der Waals surface area contributed by atoms with Crippen molar-refractivity contribution in [3.05, 3.63) is 83.6 Å². The van der Waals surface area contributed by atoms with Gasteiger partial charge in [-0.3, -0.25) is 9.59 Å². The van der Waals surface area contributed by atoms with Gasteiger partial charge in [-0.15, -0.1) is 0 Å². The molecule has 1 saturated carbocycles. The first-order chi connectivity index (χ1) is 27.4. The summed E-state index contributed by atoms with van der Waals surface area (Å²) in [5.74, 6) is 3.39. The SMILES string of the molecule is CC(C)C(N)C(=O)N1C[C@@H](C)C[C@H]1c1nc2ccc(-c3ccc(-c4ccc(-c5cnc([C@@H]6CC[C@H](C)N6C(=O)[C@@H](N)C(C)C)[nH]5)cc4)c4c3C3CCC4C3)cc2[nH]1. The largest absolute Gasteiger partial charge is 0.340 e. The second-order valence-corrected chi connectivity index (χ2v) is 18.4. The Labute approximate surface area is 336 Å². The molecule has 6 N–H and O–H groups in total. The highest BCUT2D eigenvalue weighted by atomic mass is 16.2. The number of hydrogen-bond donors (Lipinski definition) is 4. The smallest absolute Gasteiger partial charge is 0.240 e. The molecule has 0 spiro atoms. The van der Waals surface area contributed by atoms with Crippen LogP contribution in [0.15, 0.2) is 60.8 Å². The fraction of sp³-hybridized carbons (Fsp3) is 0.489. The number of amides is 2. The summed E-state index contributed by atoms with van der Waals surface area (Å²) in [5.41, 5.74) is 24.7. The topological polar surface area (TPSA) is 150 Å². The van der Waals surface area contributed by atoms with E-state index in [1.54, 1.807) is 0 Å². The molecule has 10 heteroatoms. The number of aromatic nitrogens is 4. The van der Waals surface area contributed by atoms with Gasteiger partial charge in [-0.05, 0) is 126 Å². The van der Waals surface area contributed by atoms with Crippen molar-refractivity contribution in [3.8, 4) is 33.5 Å². The molecule has 4 heterocycles. The van der Waals surface area contributed by atoms with Crippen molar-refractivity contribution in [2.45, 2.75) is 122 Å². The lowest BCUT2D eigenvalue weighted by Gasteiger charge is -2.31. The highest BCUT2D eigenvalue weighted by Crippen LogP contribution is 2.58. The molecule has 2 aromatic heterocycles. The zero-order chi connectivity index (χ0) is 39.9. The van der Waals surface area contributed by atoms with Crippen LogP contribution >= 0.6 is 0 Å². The lowest BCUT2D eigenvalue weighted by Crippen LogP contribution is -2.48. The second-order valence-electron chi connectivity index (χ2n) is 18.4. The molecule has 3 unspecified atom stereocenters. The molecule has 2 saturated heterocycles. The Morgan fingerprint density at radius 1 is 0.719 bits per heavy atom. The third-order valence-corrected chi connectivity index (χ3v) is 13.8. The number of hydrogen-bond acceptors (Lipinski definition) is 6. The van der Waals surface area contributed by atoms with E-state index in [4.69, 9.17) is 21.4 Å². The normalized spacial score (nSPS) is 25.3. The van der Waals surface area contributed by atoms with E-state index < -0.39 is 12.1 Å². The number of rotatable bonds is 9. The number of nitrogens with zero attached hydrogens (tertiary/aromatic N) is 4. The summed E-state index contributed by atoms with van der Waals surface area (Å²) in [5, 5.41) is 0. The maximum atomic E-state index is 13.4. The van der Waals surface area contributed by atoms with E-state index >= 15 is 0 Å². The summed E-state index contributed by atoms with van der Waals surface area (Å²) < 4.78 is 0. The van der Waals surface area contributed by atoms with Crippen LogP contribution < -0.4 is 11.5 Å². The number of carbonyl (C=O) groups is 2.